The van der Waals surface area contributed by atoms with Crippen LogP contribution >= 0.6 is 0 Å². The van der Waals surface area contributed by atoms with Gasteiger partial charge in [0.25, 0.3) is 0 Å². The van der Waals surface area contributed by atoms with E-state index in [1.54, 1.807) is 0 Å². The van der Waals surface area contributed by atoms with Crippen LogP contribution in [0.3, 0.4) is 0 Å². The molecule has 2 aliphatic rings. The van der Waals surface area contributed by atoms with Crippen molar-refractivity contribution in [2.75, 3.05) is 39.3 Å². The average molecular weight is 726 g/mol. The summed E-state index contributed by atoms with van der Waals surface area (Å²) in [5.74, 6) is -1.41. The molecule has 3 rings (SSSR count). The molecule has 12 heteroatoms. The summed E-state index contributed by atoms with van der Waals surface area (Å²) in [6.45, 7) is 8.81. The Morgan fingerprint density at radius 1 is 0.846 bits per heavy atom. The first-order valence-electron chi connectivity index (χ1n) is 19.4. The van der Waals surface area contributed by atoms with Gasteiger partial charge < -0.3 is 26.0 Å². The number of hydrogen-bond acceptors (Lipinski definition) is 8. The maximum absolute atomic E-state index is 13.4. The zero-order chi connectivity index (χ0) is 37.9. The Hall–Kier alpha value is -3.77. The number of aliphatic imine (C=N–C) groups is 1. The van der Waals surface area contributed by atoms with E-state index in [2.05, 4.69) is 49.6 Å². The SMILES string of the molecule is CCC1C=CC(CC)NC(c2cccc(CNC(=O)CN3CCCC(CC(=O)O)CCCCC(C)C(CCC(=O)O)CCN(CC(=O)O)CC3)c2)=N1. The number of rotatable bonds is 14. The molecule has 2 aliphatic heterocycles. The summed E-state index contributed by atoms with van der Waals surface area (Å²) in [5.41, 5.74) is 1.93. The summed E-state index contributed by atoms with van der Waals surface area (Å²) in [4.78, 5) is 57.2. The van der Waals surface area contributed by atoms with E-state index in [1.807, 2.05) is 28.0 Å². The van der Waals surface area contributed by atoms with Gasteiger partial charge in [-0.05, 0) is 87.4 Å². The lowest BCUT2D eigenvalue weighted by Gasteiger charge is -2.30. The summed E-state index contributed by atoms with van der Waals surface area (Å²) in [6.07, 6.45) is 12.7. The highest BCUT2D eigenvalue weighted by Crippen LogP contribution is 2.28. The lowest BCUT2D eigenvalue weighted by atomic mass is 9.83. The van der Waals surface area contributed by atoms with E-state index in [-0.39, 0.29) is 61.7 Å². The van der Waals surface area contributed by atoms with Gasteiger partial charge in [0.05, 0.1) is 19.1 Å². The minimum Gasteiger partial charge on any atom is -0.481 e. The number of benzene rings is 1. The number of amides is 1. The molecular formula is C40H63N5O7. The van der Waals surface area contributed by atoms with E-state index in [0.717, 1.165) is 68.3 Å². The normalized spacial score (nSPS) is 24.6. The van der Waals surface area contributed by atoms with Crippen LogP contribution in [0.2, 0.25) is 0 Å². The van der Waals surface area contributed by atoms with Gasteiger partial charge >= 0.3 is 17.9 Å². The molecule has 0 aromatic heterocycles. The van der Waals surface area contributed by atoms with Crippen LogP contribution in [0.4, 0.5) is 0 Å². The summed E-state index contributed by atoms with van der Waals surface area (Å²) >= 11 is 0. The second-order valence-electron chi connectivity index (χ2n) is 14.8. The van der Waals surface area contributed by atoms with Crippen LogP contribution in [0.5, 0.6) is 0 Å². The van der Waals surface area contributed by atoms with E-state index in [4.69, 9.17) is 4.99 Å². The third-order valence-corrected chi connectivity index (χ3v) is 10.6. The number of carboxylic acids is 3. The summed E-state index contributed by atoms with van der Waals surface area (Å²) in [7, 11) is 0. The minimum atomic E-state index is -0.927. The number of carbonyl (C=O) groups is 4. The van der Waals surface area contributed by atoms with Crippen molar-refractivity contribution in [3.05, 3.63) is 47.5 Å². The standard InChI is InChI=1S/C40H63N5O7/c1-4-34-16-17-35(5-2)43-40(42-34)33-14-8-12-31(24-33)26-41-36(46)27-44-20-9-13-30(25-38(49)50)11-7-6-10-29(3)32(15-18-37(47)48)19-21-45(23-22-44)28-39(51)52/h8,12,14,16-17,24,29-30,32,34-35H,4-7,9-11,13,15,18-23,25-28H2,1-3H3,(H,41,46)(H,42,43)(H,47,48)(H,49,50)(H,51,52). The third-order valence-electron chi connectivity index (χ3n) is 10.6. The molecule has 12 nitrogen and oxygen atoms in total. The number of nitrogens with one attached hydrogen (secondary N) is 2. The number of carboxylic acid groups (broad SMARTS) is 3. The highest BCUT2D eigenvalue weighted by molar-refractivity contribution is 5.99. The number of aliphatic carboxylic acids is 3. The maximum atomic E-state index is 13.4. The van der Waals surface area contributed by atoms with E-state index < -0.39 is 17.9 Å². The van der Waals surface area contributed by atoms with Crippen LogP contribution in [0.15, 0.2) is 41.4 Å². The molecule has 0 spiro atoms. The van der Waals surface area contributed by atoms with E-state index in [9.17, 15) is 34.5 Å². The first-order chi connectivity index (χ1) is 24.9. The van der Waals surface area contributed by atoms with Crippen molar-refractivity contribution >= 4 is 29.7 Å². The van der Waals surface area contributed by atoms with Crippen molar-refractivity contribution < 1.29 is 34.5 Å². The van der Waals surface area contributed by atoms with Crippen LogP contribution in [-0.2, 0) is 25.7 Å². The van der Waals surface area contributed by atoms with Crippen molar-refractivity contribution in [2.45, 2.75) is 116 Å². The highest BCUT2D eigenvalue weighted by atomic mass is 16.4. The molecule has 1 amide bonds. The first-order valence-corrected chi connectivity index (χ1v) is 19.4. The molecule has 0 saturated carbocycles. The Morgan fingerprint density at radius 2 is 1.58 bits per heavy atom. The van der Waals surface area contributed by atoms with Crippen LogP contribution in [0.1, 0.15) is 109 Å². The second kappa shape index (κ2) is 23.0. The van der Waals surface area contributed by atoms with Crippen molar-refractivity contribution in [2.24, 2.45) is 22.7 Å². The maximum Gasteiger partial charge on any atom is 0.317 e. The van der Waals surface area contributed by atoms with Crippen molar-refractivity contribution in [1.82, 2.24) is 20.4 Å². The molecule has 0 radical (unpaired) electrons. The molecule has 2 heterocycles. The highest BCUT2D eigenvalue weighted by Gasteiger charge is 2.23. The van der Waals surface area contributed by atoms with Gasteiger partial charge in [-0.1, -0.05) is 70.4 Å². The first kappa shape index (κ1) is 42.6. The van der Waals surface area contributed by atoms with Crippen molar-refractivity contribution in [3.8, 4) is 0 Å². The molecule has 1 saturated heterocycles. The molecule has 1 aromatic carbocycles. The monoisotopic (exact) mass is 725 g/mol. The Labute approximate surface area is 310 Å². The Kier molecular flexibility index (Phi) is 18.9. The average Bonchev–Trinajstić information content (AvgIpc) is 3.32. The van der Waals surface area contributed by atoms with Gasteiger partial charge in [-0.2, -0.15) is 0 Å². The molecule has 5 N–H and O–H groups in total. The summed E-state index contributed by atoms with van der Waals surface area (Å²) < 4.78 is 0. The van der Waals surface area contributed by atoms with Crippen LogP contribution in [0.25, 0.3) is 0 Å². The molecule has 52 heavy (non-hydrogen) atoms. The quantitative estimate of drug-likeness (QED) is 0.156. The van der Waals surface area contributed by atoms with Gasteiger partial charge in [-0.15, -0.1) is 0 Å². The van der Waals surface area contributed by atoms with Gasteiger partial charge in [0.2, 0.25) is 5.91 Å². The number of hydrogen-bond donors (Lipinski definition) is 5. The van der Waals surface area contributed by atoms with Crippen molar-refractivity contribution in [3.63, 3.8) is 0 Å². The fourth-order valence-corrected chi connectivity index (χ4v) is 7.36. The van der Waals surface area contributed by atoms with Gasteiger partial charge in [0.15, 0.2) is 0 Å². The molecule has 290 valence electrons. The van der Waals surface area contributed by atoms with E-state index >= 15 is 0 Å². The fourth-order valence-electron chi connectivity index (χ4n) is 7.36. The largest absolute Gasteiger partial charge is 0.481 e. The molecule has 5 atom stereocenters. The zero-order valence-electron chi connectivity index (χ0n) is 31.6. The molecule has 0 bridgehead atoms. The van der Waals surface area contributed by atoms with E-state index in [0.29, 0.717) is 45.6 Å². The van der Waals surface area contributed by atoms with Crippen LogP contribution in [0, 0.1) is 17.8 Å². The minimum absolute atomic E-state index is 0.0403. The molecule has 5 unspecified atom stereocenters. The van der Waals surface area contributed by atoms with Gasteiger partial charge in [-0.25, -0.2) is 0 Å². The lowest BCUT2D eigenvalue weighted by Crippen LogP contribution is -2.43. The Morgan fingerprint density at radius 3 is 2.27 bits per heavy atom. The predicted octanol–water partition coefficient (Wildman–Crippen LogP) is 5.41. The summed E-state index contributed by atoms with van der Waals surface area (Å²) in [5, 5.41) is 35.3. The topological polar surface area (TPSA) is 172 Å². The second-order valence-corrected chi connectivity index (χ2v) is 14.8. The Bertz CT molecular complexity index is 1350. The van der Waals surface area contributed by atoms with Gasteiger partial charge in [0, 0.05) is 44.1 Å². The molecular weight excluding hydrogens is 662 g/mol. The van der Waals surface area contributed by atoms with E-state index in [1.165, 1.54) is 0 Å². The molecule has 1 fully saturated rings. The number of carbonyl (C=O) groups excluding carboxylic acids is 1. The predicted molar refractivity (Wildman–Crippen MR) is 203 cm³/mol. The number of nitrogens with zero attached hydrogens (tertiary/aromatic N) is 3. The van der Waals surface area contributed by atoms with Crippen LogP contribution in [-0.4, -0.2) is 106 Å². The molecule has 1 aromatic rings. The molecule has 0 aliphatic carbocycles. The van der Waals surface area contributed by atoms with Gasteiger partial charge in [-0.3, -0.25) is 34.0 Å². The Balaban J connectivity index is 1.71. The third kappa shape index (κ3) is 16.3. The number of amidine groups is 1. The zero-order valence-corrected chi connectivity index (χ0v) is 31.6. The summed E-state index contributed by atoms with van der Waals surface area (Å²) in [6, 6.07) is 8.36. The van der Waals surface area contributed by atoms with Gasteiger partial charge in [0.1, 0.15) is 5.84 Å². The van der Waals surface area contributed by atoms with Crippen LogP contribution < -0.4 is 10.6 Å². The smallest absolute Gasteiger partial charge is 0.317 e. The fraction of sp³-hybridized carbons (Fsp3) is 0.675. The lowest BCUT2D eigenvalue weighted by molar-refractivity contribution is -0.139. The van der Waals surface area contributed by atoms with Crippen molar-refractivity contribution in [1.29, 1.82) is 0 Å².